The van der Waals surface area contributed by atoms with Gasteiger partial charge in [0.1, 0.15) is 0 Å². The van der Waals surface area contributed by atoms with Gasteiger partial charge in [0.2, 0.25) is 0 Å². The third-order valence-electron chi connectivity index (χ3n) is 1.62. The highest BCUT2D eigenvalue weighted by atomic mass is 32.2. The van der Waals surface area contributed by atoms with Crippen molar-refractivity contribution < 1.29 is 0 Å². The van der Waals surface area contributed by atoms with E-state index < -0.39 is 0 Å². The third-order valence-corrected chi connectivity index (χ3v) is 3.11. The van der Waals surface area contributed by atoms with Gasteiger partial charge in [0.05, 0.1) is 0 Å². The molecule has 2 rings (SSSR count). The Hall–Kier alpha value is -0.870. The first-order valence-corrected chi connectivity index (χ1v) is 5.90. The third kappa shape index (κ3) is 1.89. The smallest absolute Gasteiger partial charge is 0.187 e. The fourth-order valence-corrected chi connectivity index (χ4v) is 2.01. The van der Waals surface area contributed by atoms with Crippen LogP contribution in [0.1, 0.15) is 0 Å². The fraction of sp³-hybridized carbons (Fsp3) is 0.111. The van der Waals surface area contributed by atoms with Crippen molar-refractivity contribution in [2.75, 3.05) is 6.26 Å². The Morgan fingerprint density at radius 3 is 2.62 bits per heavy atom. The summed E-state index contributed by atoms with van der Waals surface area (Å²) in [6, 6.07) is 4.10. The molecule has 2 nitrogen and oxygen atoms in total. The van der Waals surface area contributed by atoms with E-state index in [1.54, 1.807) is 23.1 Å². The van der Waals surface area contributed by atoms with Crippen LogP contribution in [0.5, 0.6) is 0 Å². The Morgan fingerprint density at radius 2 is 2.08 bits per heavy atom. The van der Waals surface area contributed by atoms with Crippen LogP contribution in [0.2, 0.25) is 0 Å². The molecule has 0 radical (unpaired) electrons. The summed E-state index contributed by atoms with van der Waals surface area (Å²) in [5, 5.41) is 2.87. The molecule has 0 aliphatic heterocycles. The predicted molar refractivity (Wildman–Crippen MR) is 57.1 cm³/mol. The van der Waals surface area contributed by atoms with Crippen molar-refractivity contribution in [3.8, 4) is 10.4 Å². The van der Waals surface area contributed by atoms with Crippen molar-refractivity contribution in [2.45, 2.75) is 5.16 Å². The molecule has 0 unspecified atom stereocenters. The second-order valence-corrected chi connectivity index (χ2v) is 4.16. The molecule has 2 aromatic rings. The molecule has 4 heteroatoms. The summed E-state index contributed by atoms with van der Waals surface area (Å²) < 4.78 is 0. The van der Waals surface area contributed by atoms with Gasteiger partial charge in [-0.1, -0.05) is 17.8 Å². The molecule has 2 aromatic heterocycles. The Morgan fingerprint density at radius 1 is 1.31 bits per heavy atom. The minimum absolute atomic E-state index is 0.820. The molecule has 0 saturated carbocycles. The maximum absolute atomic E-state index is 4.21. The van der Waals surface area contributed by atoms with E-state index in [9.17, 15) is 0 Å². The zero-order valence-corrected chi connectivity index (χ0v) is 8.73. The molecule has 0 bridgehead atoms. The van der Waals surface area contributed by atoms with Crippen LogP contribution >= 0.6 is 23.1 Å². The second kappa shape index (κ2) is 3.89. The highest BCUT2D eigenvalue weighted by Crippen LogP contribution is 2.23. The van der Waals surface area contributed by atoms with Crippen molar-refractivity contribution in [1.29, 1.82) is 0 Å². The Bertz CT molecular complexity index is 367. The summed E-state index contributed by atoms with van der Waals surface area (Å²) in [5.41, 5.74) is 1.09. The maximum atomic E-state index is 4.21. The zero-order chi connectivity index (χ0) is 9.10. The summed E-state index contributed by atoms with van der Waals surface area (Å²) >= 11 is 3.26. The van der Waals surface area contributed by atoms with Crippen LogP contribution in [0.15, 0.2) is 35.1 Å². The van der Waals surface area contributed by atoms with Gasteiger partial charge >= 0.3 is 0 Å². The van der Waals surface area contributed by atoms with E-state index in [1.807, 2.05) is 24.7 Å². The summed E-state index contributed by atoms with van der Waals surface area (Å²) in [6.45, 7) is 0. The number of aromatic nitrogens is 2. The molecule has 13 heavy (non-hydrogen) atoms. The highest BCUT2D eigenvalue weighted by Gasteiger charge is 1.99. The Balaban J connectivity index is 2.33. The van der Waals surface area contributed by atoms with Gasteiger partial charge in [0.25, 0.3) is 0 Å². The van der Waals surface area contributed by atoms with Gasteiger partial charge < -0.3 is 0 Å². The van der Waals surface area contributed by atoms with E-state index in [0.29, 0.717) is 0 Å². The molecule has 66 valence electrons. The van der Waals surface area contributed by atoms with Crippen molar-refractivity contribution in [2.24, 2.45) is 0 Å². The first-order chi connectivity index (χ1) is 6.40. The van der Waals surface area contributed by atoms with Crippen molar-refractivity contribution in [1.82, 2.24) is 9.97 Å². The number of hydrogen-bond donors (Lipinski definition) is 0. The van der Waals surface area contributed by atoms with E-state index in [2.05, 4.69) is 21.4 Å². The van der Waals surface area contributed by atoms with Crippen LogP contribution in [0.3, 0.4) is 0 Å². The second-order valence-electron chi connectivity index (χ2n) is 2.44. The van der Waals surface area contributed by atoms with Crippen LogP contribution < -0.4 is 0 Å². The van der Waals surface area contributed by atoms with E-state index in [-0.39, 0.29) is 0 Å². The summed E-state index contributed by atoms with van der Waals surface area (Å²) in [4.78, 5) is 9.64. The van der Waals surface area contributed by atoms with Gasteiger partial charge in [0, 0.05) is 22.8 Å². The highest BCUT2D eigenvalue weighted by molar-refractivity contribution is 7.98. The number of hydrogen-bond acceptors (Lipinski definition) is 4. The average Bonchev–Trinajstić information content (AvgIpc) is 2.71. The van der Waals surface area contributed by atoms with Crippen molar-refractivity contribution in [3.05, 3.63) is 29.9 Å². The van der Waals surface area contributed by atoms with E-state index in [1.165, 1.54) is 4.88 Å². The summed E-state index contributed by atoms with van der Waals surface area (Å²) in [7, 11) is 0. The Labute approximate surface area is 85.1 Å². The van der Waals surface area contributed by atoms with Crippen LogP contribution in [0, 0.1) is 0 Å². The summed E-state index contributed by atoms with van der Waals surface area (Å²) in [6.07, 6.45) is 5.70. The zero-order valence-electron chi connectivity index (χ0n) is 7.10. The average molecular weight is 208 g/mol. The standard InChI is InChI=1S/C9H8N2S2/c1-12-9-10-5-7(6-11-9)8-3-2-4-13-8/h2-6H,1H3. The monoisotopic (exact) mass is 208 g/mol. The summed E-state index contributed by atoms with van der Waals surface area (Å²) in [5.74, 6) is 0. The quantitative estimate of drug-likeness (QED) is 0.560. The molecule has 0 aliphatic rings. The molecular weight excluding hydrogens is 200 g/mol. The molecule has 0 amide bonds. The SMILES string of the molecule is CSc1ncc(-c2cccs2)cn1. The lowest BCUT2D eigenvalue weighted by Crippen LogP contribution is -1.84. The molecule has 0 saturated heterocycles. The topological polar surface area (TPSA) is 25.8 Å². The molecular formula is C9H8N2S2. The largest absolute Gasteiger partial charge is 0.230 e. The van der Waals surface area contributed by atoms with Crippen molar-refractivity contribution >= 4 is 23.1 Å². The molecule has 0 fully saturated rings. The van der Waals surface area contributed by atoms with Gasteiger partial charge in [0.15, 0.2) is 5.16 Å². The number of nitrogens with zero attached hydrogens (tertiary/aromatic N) is 2. The van der Waals surface area contributed by atoms with Gasteiger partial charge in [-0.3, -0.25) is 0 Å². The predicted octanol–water partition coefficient (Wildman–Crippen LogP) is 2.93. The number of thiophene rings is 1. The lowest BCUT2D eigenvalue weighted by molar-refractivity contribution is 0.974. The molecule has 0 N–H and O–H groups in total. The number of rotatable bonds is 2. The van der Waals surface area contributed by atoms with Gasteiger partial charge in [-0.15, -0.1) is 11.3 Å². The molecule has 0 aliphatic carbocycles. The van der Waals surface area contributed by atoms with E-state index in [0.717, 1.165) is 10.7 Å². The van der Waals surface area contributed by atoms with E-state index in [4.69, 9.17) is 0 Å². The molecule has 0 aromatic carbocycles. The maximum Gasteiger partial charge on any atom is 0.187 e. The van der Waals surface area contributed by atoms with E-state index >= 15 is 0 Å². The lowest BCUT2D eigenvalue weighted by atomic mass is 10.3. The van der Waals surface area contributed by atoms with Crippen LogP contribution in [0.4, 0.5) is 0 Å². The first kappa shape index (κ1) is 8.72. The van der Waals surface area contributed by atoms with Gasteiger partial charge in [-0.2, -0.15) is 0 Å². The van der Waals surface area contributed by atoms with Crippen molar-refractivity contribution in [3.63, 3.8) is 0 Å². The normalized spacial score (nSPS) is 10.2. The molecule has 0 spiro atoms. The lowest BCUT2D eigenvalue weighted by Gasteiger charge is -1.96. The number of thioether (sulfide) groups is 1. The minimum Gasteiger partial charge on any atom is -0.230 e. The minimum atomic E-state index is 0.820. The van der Waals surface area contributed by atoms with Gasteiger partial charge in [-0.25, -0.2) is 9.97 Å². The molecule has 0 atom stereocenters. The van der Waals surface area contributed by atoms with Crippen LogP contribution in [-0.4, -0.2) is 16.2 Å². The van der Waals surface area contributed by atoms with Crippen LogP contribution in [0.25, 0.3) is 10.4 Å². The Kier molecular flexibility index (Phi) is 2.61. The van der Waals surface area contributed by atoms with Gasteiger partial charge in [-0.05, 0) is 17.7 Å². The first-order valence-electron chi connectivity index (χ1n) is 3.80. The fourth-order valence-electron chi connectivity index (χ4n) is 0.992. The molecule has 2 heterocycles. The van der Waals surface area contributed by atoms with Crippen LogP contribution in [-0.2, 0) is 0 Å².